The van der Waals surface area contributed by atoms with E-state index < -0.39 is 28.5 Å². The van der Waals surface area contributed by atoms with Crippen molar-refractivity contribution >= 4 is 34.8 Å². The summed E-state index contributed by atoms with van der Waals surface area (Å²) in [6.07, 6.45) is 0.522. The van der Waals surface area contributed by atoms with Crippen molar-refractivity contribution in [2.75, 3.05) is 5.88 Å². The fraction of sp³-hybridized carbons (Fsp3) is 0.800. The number of aliphatic hydroxyl groups excluding tert-OH is 2. The van der Waals surface area contributed by atoms with Crippen LogP contribution in [0.25, 0.3) is 0 Å². The zero-order chi connectivity index (χ0) is 13.9. The third-order valence-electron chi connectivity index (χ3n) is 2.82. The van der Waals surface area contributed by atoms with Crippen LogP contribution in [0.15, 0.2) is 12.7 Å². The molecule has 18 heavy (non-hydrogen) atoms. The molecule has 1 aromatic heterocycles. The number of alkyl halides is 3. The highest BCUT2D eigenvalue weighted by Gasteiger charge is 2.41. The van der Waals surface area contributed by atoms with Gasteiger partial charge >= 0.3 is 0 Å². The predicted molar refractivity (Wildman–Crippen MR) is 71.1 cm³/mol. The average Bonchev–Trinajstić information content (AvgIpc) is 2.82. The molecule has 0 aliphatic heterocycles. The predicted octanol–water partition coefficient (Wildman–Crippen LogP) is 1.61. The van der Waals surface area contributed by atoms with Gasteiger partial charge in [-0.1, -0.05) is 13.8 Å². The van der Waals surface area contributed by atoms with E-state index in [0.29, 0.717) is 0 Å². The molecule has 5 nitrogen and oxygen atoms in total. The van der Waals surface area contributed by atoms with Gasteiger partial charge in [-0.15, -0.1) is 34.8 Å². The third kappa shape index (κ3) is 3.48. The number of aliphatic hydroxyl groups is 2. The second-order valence-electron chi connectivity index (χ2n) is 4.76. The van der Waals surface area contributed by atoms with Crippen molar-refractivity contribution in [1.29, 1.82) is 0 Å². The molecule has 1 rings (SSSR count). The van der Waals surface area contributed by atoms with Gasteiger partial charge in [0, 0.05) is 11.3 Å². The van der Waals surface area contributed by atoms with Crippen molar-refractivity contribution < 1.29 is 10.2 Å². The summed E-state index contributed by atoms with van der Waals surface area (Å²) in [5.74, 6) is 0.210. The normalized spacial score (nSPS) is 17.8. The second-order valence-corrected chi connectivity index (χ2v) is 6.19. The van der Waals surface area contributed by atoms with Crippen LogP contribution in [-0.4, -0.2) is 47.9 Å². The zero-order valence-electron chi connectivity index (χ0n) is 10.0. The summed E-state index contributed by atoms with van der Waals surface area (Å²) in [6, 6.07) is -0.818. The van der Waals surface area contributed by atoms with E-state index in [4.69, 9.17) is 34.8 Å². The lowest BCUT2D eigenvalue weighted by Gasteiger charge is -2.36. The van der Waals surface area contributed by atoms with Gasteiger partial charge in [-0.2, -0.15) is 5.10 Å². The molecule has 1 heterocycles. The first-order valence-electron chi connectivity index (χ1n) is 5.35. The molecule has 0 radical (unpaired) electrons. The van der Waals surface area contributed by atoms with Crippen LogP contribution in [0, 0.1) is 5.41 Å². The summed E-state index contributed by atoms with van der Waals surface area (Å²) in [4.78, 5) is 2.73. The first kappa shape index (κ1) is 16.0. The van der Waals surface area contributed by atoms with Gasteiger partial charge in [0.05, 0.1) is 6.10 Å². The minimum Gasteiger partial charge on any atom is -0.390 e. The highest BCUT2D eigenvalue weighted by atomic mass is 35.5. The Labute approximate surface area is 121 Å². The molecule has 0 fully saturated rings. The lowest BCUT2D eigenvalue weighted by Crippen LogP contribution is -2.46. The lowest BCUT2D eigenvalue weighted by atomic mass is 9.83. The summed E-state index contributed by atoms with van der Waals surface area (Å²) >= 11 is 17.2. The maximum absolute atomic E-state index is 10.4. The lowest BCUT2D eigenvalue weighted by molar-refractivity contribution is -0.0355. The molecule has 3 unspecified atom stereocenters. The quantitative estimate of drug-likeness (QED) is 0.782. The molecule has 0 aliphatic carbocycles. The molecule has 104 valence electrons. The van der Waals surface area contributed by atoms with Crippen molar-refractivity contribution in [3.8, 4) is 0 Å². The van der Waals surface area contributed by atoms with E-state index in [0.717, 1.165) is 0 Å². The smallest absolute Gasteiger partial charge is 0.137 e. The Bertz CT molecular complexity index is 359. The fourth-order valence-electron chi connectivity index (χ4n) is 1.55. The summed E-state index contributed by atoms with van der Waals surface area (Å²) in [5, 5.41) is 24.3. The molecule has 0 saturated heterocycles. The Balaban J connectivity index is 3.06. The van der Waals surface area contributed by atoms with Crippen LogP contribution in [0.2, 0.25) is 0 Å². The molecular weight excluding hydrogens is 300 g/mol. The molecule has 1 aromatic rings. The van der Waals surface area contributed by atoms with Crippen LogP contribution in [-0.2, 0) is 0 Å². The Kier molecular flexibility index (Phi) is 5.67. The number of rotatable bonds is 6. The standard InChI is InChI=1S/C10H16Cl3N3O2/c1-10(2,3-11)8(18)6(7(17)9(12)13)16-5-14-4-15-16/h4-9,17-18H,3H2,1-2H3. The molecular formula is C10H16Cl3N3O2. The summed E-state index contributed by atoms with van der Waals surface area (Å²) < 4.78 is 1.33. The number of nitrogens with zero attached hydrogens (tertiary/aromatic N) is 3. The van der Waals surface area contributed by atoms with Crippen LogP contribution in [0.5, 0.6) is 0 Å². The van der Waals surface area contributed by atoms with Crippen molar-refractivity contribution in [3.05, 3.63) is 12.7 Å². The maximum Gasteiger partial charge on any atom is 0.137 e. The third-order valence-corrected chi connectivity index (χ3v) is 4.02. The molecule has 0 amide bonds. The van der Waals surface area contributed by atoms with Gasteiger partial charge in [-0.3, -0.25) is 0 Å². The van der Waals surface area contributed by atoms with Gasteiger partial charge in [0.2, 0.25) is 0 Å². The van der Waals surface area contributed by atoms with E-state index >= 15 is 0 Å². The highest BCUT2D eigenvalue weighted by molar-refractivity contribution is 6.44. The number of halogens is 3. The first-order chi connectivity index (χ1) is 8.31. The largest absolute Gasteiger partial charge is 0.390 e. The van der Waals surface area contributed by atoms with Crippen LogP contribution in [0.3, 0.4) is 0 Å². The Morgan fingerprint density at radius 3 is 2.33 bits per heavy atom. The Morgan fingerprint density at radius 2 is 1.94 bits per heavy atom. The van der Waals surface area contributed by atoms with Crippen molar-refractivity contribution in [1.82, 2.24) is 14.8 Å². The molecule has 0 bridgehead atoms. The molecule has 0 aromatic carbocycles. The Hall–Kier alpha value is -0.0700. The molecule has 0 saturated carbocycles. The van der Waals surface area contributed by atoms with Crippen LogP contribution >= 0.6 is 34.8 Å². The number of hydrogen-bond acceptors (Lipinski definition) is 4. The van der Waals surface area contributed by atoms with E-state index in [1.807, 2.05) is 0 Å². The van der Waals surface area contributed by atoms with Gasteiger partial charge in [0.15, 0.2) is 0 Å². The van der Waals surface area contributed by atoms with Crippen LogP contribution in [0.1, 0.15) is 19.9 Å². The minimum absolute atomic E-state index is 0.210. The van der Waals surface area contributed by atoms with E-state index in [9.17, 15) is 10.2 Å². The molecule has 0 aliphatic rings. The highest BCUT2D eigenvalue weighted by Crippen LogP contribution is 2.34. The molecule has 0 spiro atoms. The number of hydrogen-bond donors (Lipinski definition) is 2. The molecule has 2 N–H and O–H groups in total. The first-order valence-corrected chi connectivity index (χ1v) is 6.76. The summed E-state index contributed by atoms with van der Waals surface area (Å²) in [6.45, 7) is 3.55. The maximum atomic E-state index is 10.4. The molecule has 3 atom stereocenters. The van der Waals surface area contributed by atoms with E-state index in [2.05, 4.69) is 10.1 Å². The van der Waals surface area contributed by atoms with E-state index in [1.54, 1.807) is 13.8 Å². The van der Waals surface area contributed by atoms with Crippen molar-refractivity contribution in [2.45, 2.75) is 36.9 Å². The summed E-state index contributed by atoms with van der Waals surface area (Å²) in [7, 11) is 0. The second kappa shape index (κ2) is 6.39. The van der Waals surface area contributed by atoms with Crippen LogP contribution < -0.4 is 0 Å². The minimum atomic E-state index is -1.19. The van der Waals surface area contributed by atoms with Crippen LogP contribution in [0.4, 0.5) is 0 Å². The Morgan fingerprint density at radius 1 is 1.33 bits per heavy atom. The average molecular weight is 317 g/mol. The van der Waals surface area contributed by atoms with Gasteiger partial charge in [-0.25, -0.2) is 9.67 Å². The van der Waals surface area contributed by atoms with E-state index in [-0.39, 0.29) is 5.88 Å². The zero-order valence-corrected chi connectivity index (χ0v) is 12.3. The molecule has 8 heteroatoms. The van der Waals surface area contributed by atoms with Gasteiger partial charge in [0.1, 0.15) is 29.6 Å². The number of aromatic nitrogens is 3. The summed E-state index contributed by atoms with van der Waals surface area (Å²) in [5.41, 5.74) is -0.637. The topological polar surface area (TPSA) is 71.2 Å². The van der Waals surface area contributed by atoms with Gasteiger partial charge in [-0.05, 0) is 0 Å². The SMILES string of the molecule is CC(C)(CCl)C(O)C(C(O)C(Cl)Cl)n1cncn1. The van der Waals surface area contributed by atoms with Crippen molar-refractivity contribution in [3.63, 3.8) is 0 Å². The monoisotopic (exact) mass is 315 g/mol. The van der Waals surface area contributed by atoms with Gasteiger partial charge in [0.25, 0.3) is 0 Å². The van der Waals surface area contributed by atoms with Crippen molar-refractivity contribution in [2.24, 2.45) is 5.41 Å². The van der Waals surface area contributed by atoms with E-state index in [1.165, 1.54) is 17.3 Å². The fourth-order valence-corrected chi connectivity index (χ4v) is 2.01. The van der Waals surface area contributed by atoms with Gasteiger partial charge < -0.3 is 10.2 Å².